The fourth-order valence-corrected chi connectivity index (χ4v) is 16.0. The monoisotopic (exact) mass is 831 g/mol. The molecule has 3 nitrogen and oxygen atoms in total. The Bertz CT molecular complexity index is 3840. The first-order valence-corrected chi connectivity index (χ1v) is 24.1. The number of para-hydroxylation sites is 6. The molecule has 3 aromatic heterocycles. The molecule has 0 radical (unpaired) electrons. The van der Waals surface area contributed by atoms with Gasteiger partial charge >= 0.3 is 0 Å². The molecule has 64 heavy (non-hydrogen) atoms. The number of benzene rings is 10. The number of aromatic nitrogens is 3. The van der Waals surface area contributed by atoms with Gasteiger partial charge in [-0.1, -0.05) is 182 Å². The van der Waals surface area contributed by atoms with Crippen LogP contribution in [0.4, 0.5) is 0 Å². The summed E-state index contributed by atoms with van der Waals surface area (Å²) >= 11 is 0. The van der Waals surface area contributed by atoms with Crippen molar-refractivity contribution in [3.05, 3.63) is 249 Å². The molecule has 10 aromatic carbocycles. The number of rotatable bonds is 7. The van der Waals surface area contributed by atoms with Crippen LogP contribution < -0.4 is 20.7 Å². The van der Waals surface area contributed by atoms with E-state index < -0.39 is 8.07 Å². The molecule has 0 N–H and O–H groups in total. The van der Waals surface area contributed by atoms with Crippen LogP contribution in [0, 0.1) is 0 Å². The molecule has 0 saturated heterocycles. The zero-order chi connectivity index (χ0) is 42.2. The van der Waals surface area contributed by atoms with Crippen LogP contribution in [0.1, 0.15) is 0 Å². The van der Waals surface area contributed by atoms with E-state index in [0.29, 0.717) is 0 Å². The van der Waals surface area contributed by atoms with E-state index >= 15 is 0 Å². The van der Waals surface area contributed by atoms with E-state index in [1.807, 2.05) is 0 Å². The van der Waals surface area contributed by atoms with Gasteiger partial charge in [0.1, 0.15) is 0 Å². The predicted molar refractivity (Wildman–Crippen MR) is 273 cm³/mol. The van der Waals surface area contributed by atoms with Gasteiger partial charge in [0.2, 0.25) is 0 Å². The summed E-state index contributed by atoms with van der Waals surface area (Å²) in [6, 6.07) is 92.4. The highest BCUT2D eigenvalue weighted by Gasteiger charge is 2.44. The third kappa shape index (κ3) is 5.21. The van der Waals surface area contributed by atoms with Crippen molar-refractivity contribution in [3.8, 4) is 17.1 Å². The lowest BCUT2D eigenvalue weighted by Gasteiger charge is -2.35. The van der Waals surface area contributed by atoms with E-state index in [0.717, 1.165) is 17.1 Å². The second-order valence-corrected chi connectivity index (χ2v) is 20.6. The molecule has 0 spiro atoms. The fourth-order valence-electron chi connectivity index (χ4n) is 11.0. The van der Waals surface area contributed by atoms with Crippen molar-refractivity contribution in [3.63, 3.8) is 0 Å². The van der Waals surface area contributed by atoms with E-state index in [1.54, 1.807) is 0 Å². The highest BCUT2D eigenvalue weighted by molar-refractivity contribution is 7.20. The van der Waals surface area contributed by atoms with E-state index in [9.17, 15) is 0 Å². The Balaban J connectivity index is 1.15. The lowest BCUT2D eigenvalue weighted by molar-refractivity contribution is 1.17. The van der Waals surface area contributed by atoms with Gasteiger partial charge in [0, 0.05) is 49.4 Å². The zero-order valence-electron chi connectivity index (χ0n) is 35.0. The molecular weight excluding hydrogens is 791 g/mol. The summed E-state index contributed by atoms with van der Waals surface area (Å²) in [4.78, 5) is 0. The lowest BCUT2D eigenvalue weighted by Crippen LogP contribution is -2.75. The maximum absolute atomic E-state index is 3.12. The summed E-state index contributed by atoms with van der Waals surface area (Å²) in [5.74, 6) is 0. The van der Waals surface area contributed by atoms with Crippen LogP contribution >= 0.6 is 0 Å². The Labute approximate surface area is 372 Å². The van der Waals surface area contributed by atoms with Crippen molar-refractivity contribution >= 4 is 94.2 Å². The van der Waals surface area contributed by atoms with Crippen molar-refractivity contribution in [2.24, 2.45) is 0 Å². The molecule has 4 heteroatoms. The quantitative estimate of drug-likeness (QED) is 0.112. The molecule has 0 bridgehead atoms. The molecule has 0 amide bonds. The standard InChI is InChI=1S/C60H41N3Si/c1-5-21-42(22-6-1)61-53-36-17-14-32-50(53)58-55(61)39-40-56-59(58)51-33-15-18-37-54(51)62(56)44-25-19-30-47(41-44)64(45-26-9-3-10-27-45,46-28-11-4-12-29-46)57-38-20-34-49-48-31-13-16-35-52(48)63(60(49)57)43-23-7-2-8-24-43/h1-41H. The Morgan fingerprint density at radius 2 is 0.641 bits per heavy atom. The molecule has 13 aromatic rings. The summed E-state index contributed by atoms with van der Waals surface area (Å²) in [6.07, 6.45) is 0. The summed E-state index contributed by atoms with van der Waals surface area (Å²) in [7, 11) is -3.12. The molecule has 0 aliphatic heterocycles. The van der Waals surface area contributed by atoms with Crippen LogP contribution in [-0.4, -0.2) is 21.8 Å². The first-order valence-electron chi connectivity index (χ1n) is 22.1. The maximum Gasteiger partial charge on any atom is 0.181 e. The van der Waals surface area contributed by atoms with Crippen LogP contribution in [0.15, 0.2) is 249 Å². The summed E-state index contributed by atoms with van der Waals surface area (Å²) in [5.41, 5.74) is 10.7. The van der Waals surface area contributed by atoms with Gasteiger partial charge in [-0.15, -0.1) is 0 Å². The highest BCUT2D eigenvalue weighted by atomic mass is 28.3. The minimum absolute atomic E-state index is 1.15. The number of hydrogen-bond donors (Lipinski definition) is 0. The van der Waals surface area contributed by atoms with Gasteiger partial charge in [-0.3, -0.25) is 0 Å². The summed E-state index contributed by atoms with van der Waals surface area (Å²) in [6.45, 7) is 0. The van der Waals surface area contributed by atoms with Crippen LogP contribution in [0.25, 0.3) is 82.5 Å². The third-order valence-corrected chi connectivity index (χ3v) is 18.3. The largest absolute Gasteiger partial charge is 0.309 e. The molecule has 13 rings (SSSR count). The Hall–Kier alpha value is -8.18. The van der Waals surface area contributed by atoms with Gasteiger partial charge in [-0.05, 0) is 87.5 Å². The smallest absolute Gasteiger partial charge is 0.181 e. The van der Waals surface area contributed by atoms with E-state index in [4.69, 9.17) is 0 Å². The molecule has 300 valence electrons. The second-order valence-electron chi connectivity index (χ2n) is 16.8. The second kappa shape index (κ2) is 14.5. The van der Waals surface area contributed by atoms with Crippen LogP contribution in [0.5, 0.6) is 0 Å². The Morgan fingerprint density at radius 1 is 0.250 bits per heavy atom. The van der Waals surface area contributed by atoms with Gasteiger partial charge in [0.05, 0.1) is 33.1 Å². The first kappa shape index (κ1) is 36.5. The van der Waals surface area contributed by atoms with Crippen LogP contribution in [-0.2, 0) is 0 Å². The van der Waals surface area contributed by atoms with E-state index in [1.165, 1.54) is 86.2 Å². The van der Waals surface area contributed by atoms with Crippen LogP contribution in [0.3, 0.4) is 0 Å². The Morgan fingerprint density at radius 3 is 1.20 bits per heavy atom. The van der Waals surface area contributed by atoms with Crippen LogP contribution in [0.2, 0.25) is 0 Å². The first-order chi connectivity index (χ1) is 31.8. The zero-order valence-corrected chi connectivity index (χ0v) is 36.0. The molecule has 3 heterocycles. The number of nitrogens with zero attached hydrogens (tertiary/aromatic N) is 3. The van der Waals surface area contributed by atoms with Crippen molar-refractivity contribution in [1.29, 1.82) is 0 Å². The lowest BCUT2D eigenvalue weighted by atomic mass is 10.1. The Kier molecular flexibility index (Phi) is 8.23. The van der Waals surface area contributed by atoms with Crippen molar-refractivity contribution < 1.29 is 0 Å². The van der Waals surface area contributed by atoms with E-state index in [-0.39, 0.29) is 0 Å². The summed E-state index contributed by atoms with van der Waals surface area (Å²) in [5, 5.41) is 12.9. The molecule has 0 unspecified atom stereocenters. The minimum Gasteiger partial charge on any atom is -0.309 e. The molecular formula is C60H41N3Si. The van der Waals surface area contributed by atoms with Gasteiger partial charge in [-0.25, -0.2) is 0 Å². The van der Waals surface area contributed by atoms with Crippen molar-refractivity contribution in [2.45, 2.75) is 0 Å². The third-order valence-electron chi connectivity index (χ3n) is 13.6. The van der Waals surface area contributed by atoms with Gasteiger partial charge < -0.3 is 13.7 Å². The fraction of sp³-hybridized carbons (Fsp3) is 0. The highest BCUT2D eigenvalue weighted by Crippen LogP contribution is 2.42. The minimum atomic E-state index is -3.12. The van der Waals surface area contributed by atoms with Gasteiger partial charge in [0.15, 0.2) is 8.07 Å². The molecule has 0 aliphatic carbocycles. The van der Waals surface area contributed by atoms with Gasteiger partial charge in [-0.2, -0.15) is 0 Å². The maximum atomic E-state index is 2.52. The average molecular weight is 832 g/mol. The molecule has 0 atom stereocenters. The van der Waals surface area contributed by atoms with Crippen molar-refractivity contribution in [1.82, 2.24) is 13.7 Å². The molecule has 0 aliphatic rings. The van der Waals surface area contributed by atoms with Crippen molar-refractivity contribution in [2.75, 3.05) is 0 Å². The number of hydrogen-bond acceptors (Lipinski definition) is 0. The average Bonchev–Trinajstić information content (AvgIpc) is 4.02. The van der Waals surface area contributed by atoms with E-state index in [2.05, 4.69) is 262 Å². The molecule has 0 saturated carbocycles. The topological polar surface area (TPSA) is 14.8 Å². The molecule has 0 fully saturated rings. The van der Waals surface area contributed by atoms with Gasteiger partial charge in [0.25, 0.3) is 0 Å². The number of fused-ring (bicyclic) bond motifs is 10. The SMILES string of the molecule is c1ccc(-n2c3ccccc3c3c4c5ccccc5n(-c5cccc([Si](c6ccccc6)(c6ccccc6)c6cccc7c8ccccc8n(-c8ccccc8)c67)c5)c4ccc32)cc1. The normalized spacial score (nSPS) is 12.1. The predicted octanol–water partition coefficient (Wildman–Crippen LogP) is 12.4. The summed E-state index contributed by atoms with van der Waals surface area (Å²) < 4.78 is 7.45.